The second kappa shape index (κ2) is 9.15. The van der Waals surface area contributed by atoms with Crippen molar-refractivity contribution >= 4 is 5.91 Å². The van der Waals surface area contributed by atoms with E-state index in [0.717, 1.165) is 18.9 Å². The largest absolute Gasteiger partial charge is 0.454 e. The lowest BCUT2D eigenvalue weighted by Gasteiger charge is -2.22. The molecule has 2 rings (SSSR count). The summed E-state index contributed by atoms with van der Waals surface area (Å²) in [4.78, 5) is 11.3. The molecular formula is C21H24FNO3. The first-order valence-electron chi connectivity index (χ1n) is 8.62. The van der Waals surface area contributed by atoms with Crippen molar-refractivity contribution in [2.45, 2.75) is 32.6 Å². The summed E-state index contributed by atoms with van der Waals surface area (Å²) in [5.74, 6) is -0.0179. The number of amides is 1. The Morgan fingerprint density at radius 2 is 2.00 bits per heavy atom. The van der Waals surface area contributed by atoms with Gasteiger partial charge in [0, 0.05) is 5.56 Å². The van der Waals surface area contributed by atoms with E-state index in [1.807, 2.05) is 18.2 Å². The van der Waals surface area contributed by atoms with Gasteiger partial charge in [0.2, 0.25) is 0 Å². The maximum absolute atomic E-state index is 14.1. The first kappa shape index (κ1) is 19.7. The zero-order valence-corrected chi connectivity index (χ0v) is 15.0. The van der Waals surface area contributed by atoms with Crippen molar-refractivity contribution in [1.29, 1.82) is 0 Å². The third-order valence-corrected chi connectivity index (χ3v) is 4.63. The topological polar surface area (TPSA) is 58.6 Å². The average Bonchev–Trinajstić information content (AvgIpc) is 2.67. The van der Waals surface area contributed by atoms with Crippen molar-refractivity contribution in [2.24, 2.45) is 5.92 Å². The van der Waals surface area contributed by atoms with Crippen LogP contribution in [0.15, 0.2) is 55.1 Å². The summed E-state index contributed by atoms with van der Waals surface area (Å²) in [6.45, 7) is 8.19. The van der Waals surface area contributed by atoms with Crippen LogP contribution < -0.4 is 10.2 Å². The van der Waals surface area contributed by atoms with Gasteiger partial charge in [-0.15, -0.1) is 6.58 Å². The van der Waals surface area contributed by atoms with Crippen LogP contribution in [0, 0.1) is 11.7 Å². The first-order valence-corrected chi connectivity index (χ1v) is 8.62. The molecule has 0 aromatic heterocycles. The number of carbonyl (C=O) groups excluding carboxylic acids is 1. The van der Waals surface area contributed by atoms with E-state index < -0.39 is 11.7 Å². The molecule has 2 unspecified atom stereocenters. The van der Waals surface area contributed by atoms with Crippen molar-refractivity contribution in [2.75, 3.05) is 0 Å². The standard InChI is InChI=1S/C21H24FNO3/c1-4-6-15(5-2)14(3)16-7-10-18(11-8-16)26-20-12-9-17(13-19(20)22)21(24)23-25/h4,7-15,25H,1,5-6H2,2-3H3,(H,23,24). The number of benzene rings is 2. The van der Waals surface area contributed by atoms with Gasteiger partial charge in [0.25, 0.3) is 5.91 Å². The van der Waals surface area contributed by atoms with Crippen LogP contribution in [0.2, 0.25) is 0 Å². The highest BCUT2D eigenvalue weighted by molar-refractivity contribution is 5.93. The van der Waals surface area contributed by atoms with Gasteiger partial charge in [-0.3, -0.25) is 10.0 Å². The number of hydrogen-bond acceptors (Lipinski definition) is 3. The first-order chi connectivity index (χ1) is 12.5. The lowest BCUT2D eigenvalue weighted by atomic mass is 9.84. The molecule has 0 bridgehead atoms. The molecule has 26 heavy (non-hydrogen) atoms. The maximum atomic E-state index is 14.1. The van der Waals surface area contributed by atoms with Crippen LogP contribution in [-0.2, 0) is 0 Å². The average molecular weight is 357 g/mol. The van der Waals surface area contributed by atoms with Crippen molar-refractivity contribution in [1.82, 2.24) is 5.48 Å². The normalized spacial score (nSPS) is 12.9. The molecule has 0 aliphatic rings. The van der Waals surface area contributed by atoms with Gasteiger partial charge in [-0.25, -0.2) is 9.87 Å². The molecule has 4 nitrogen and oxygen atoms in total. The minimum atomic E-state index is -0.779. The second-order valence-electron chi connectivity index (χ2n) is 6.24. The van der Waals surface area contributed by atoms with E-state index in [1.165, 1.54) is 23.2 Å². The molecule has 0 saturated heterocycles. The number of allylic oxidation sites excluding steroid dienone is 1. The Kier molecular flexibility index (Phi) is 6.92. The van der Waals surface area contributed by atoms with E-state index in [0.29, 0.717) is 17.6 Å². The van der Waals surface area contributed by atoms with Gasteiger partial charge in [-0.05, 0) is 54.2 Å². The smallest absolute Gasteiger partial charge is 0.274 e. The Morgan fingerprint density at radius 1 is 1.31 bits per heavy atom. The number of ether oxygens (including phenoxy) is 1. The Labute approximate surface area is 153 Å². The van der Waals surface area contributed by atoms with E-state index in [9.17, 15) is 9.18 Å². The molecule has 0 aliphatic carbocycles. The molecule has 0 heterocycles. The Hall–Kier alpha value is -2.66. The summed E-state index contributed by atoms with van der Waals surface area (Å²) in [5.41, 5.74) is 2.67. The Bertz CT molecular complexity index is 758. The number of nitrogens with one attached hydrogen (secondary N) is 1. The predicted octanol–water partition coefficient (Wildman–Crippen LogP) is 5.44. The second-order valence-corrected chi connectivity index (χ2v) is 6.24. The molecule has 0 fully saturated rings. The van der Waals surface area contributed by atoms with Crippen LogP contribution in [0.4, 0.5) is 4.39 Å². The molecule has 2 aromatic rings. The Balaban J connectivity index is 2.12. The lowest BCUT2D eigenvalue weighted by Crippen LogP contribution is -2.18. The quantitative estimate of drug-likeness (QED) is 0.375. The van der Waals surface area contributed by atoms with Gasteiger partial charge in [0.1, 0.15) is 5.75 Å². The summed E-state index contributed by atoms with van der Waals surface area (Å²) >= 11 is 0. The van der Waals surface area contributed by atoms with Crippen LogP contribution in [0.1, 0.15) is 48.5 Å². The zero-order chi connectivity index (χ0) is 19.1. The highest BCUT2D eigenvalue weighted by Crippen LogP contribution is 2.32. The number of halogens is 1. The van der Waals surface area contributed by atoms with Gasteiger partial charge >= 0.3 is 0 Å². The monoisotopic (exact) mass is 357 g/mol. The van der Waals surface area contributed by atoms with E-state index >= 15 is 0 Å². The van der Waals surface area contributed by atoms with Crippen LogP contribution in [-0.4, -0.2) is 11.1 Å². The Morgan fingerprint density at radius 3 is 2.54 bits per heavy atom. The number of carbonyl (C=O) groups is 1. The van der Waals surface area contributed by atoms with Crippen molar-refractivity contribution in [3.8, 4) is 11.5 Å². The van der Waals surface area contributed by atoms with E-state index in [-0.39, 0.29) is 11.3 Å². The highest BCUT2D eigenvalue weighted by atomic mass is 19.1. The van der Waals surface area contributed by atoms with Crippen molar-refractivity contribution < 1.29 is 19.1 Å². The minimum Gasteiger partial charge on any atom is -0.454 e. The third-order valence-electron chi connectivity index (χ3n) is 4.63. The lowest BCUT2D eigenvalue weighted by molar-refractivity contribution is 0.0706. The maximum Gasteiger partial charge on any atom is 0.274 e. The van der Waals surface area contributed by atoms with Crippen LogP contribution >= 0.6 is 0 Å². The summed E-state index contributed by atoms with van der Waals surface area (Å²) in [6.07, 6.45) is 3.99. The van der Waals surface area contributed by atoms with Crippen molar-refractivity contribution in [3.05, 3.63) is 72.1 Å². The van der Waals surface area contributed by atoms with Crippen molar-refractivity contribution in [3.63, 3.8) is 0 Å². The SMILES string of the molecule is C=CCC(CC)C(C)c1ccc(Oc2ccc(C(=O)NO)cc2F)cc1. The number of rotatable bonds is 8. The third kappa shape index (κ3) is 4.70. The molecule has 2 N–H and O–H groups in total. The molecular weight excluding hydrogens is 333 g/mol. The van der Waals surface area contributed by atoms with Crippen LogP contribution in [0.5, 0.6) is 11.5 Å². The summed E-state index contributed by atoms with van der Waals surface area (Å²) < 4.78 is 19.6. The van der Waals surface area contributed by atoms with Gasteiger partial charge in [0.05, 0.1) is 0 Å². The molecule has 0 aliphatic heterocycles. The zero-order valence-electron chi connectivity index (χ0n) is 15.0. The summed E-state index contributed by atoms with van der Waals surface area (Å²) in [6, 6.07) is 11.3. The van der Waals surface area contributed by atoms with Gasteiger partial charge in [0.15, 0.2) is 11.6 Å². The molecule has 138 valence electrons. The molecule has 0 saturated carbocycles. The predicted molar refractivity (Wildman–Crippen MR) is 99.2 cm³/mol. The van der Waals surface area contributed by atoms with Crippen LogP contribution in [0.3, 0.4) is 0 Å². The number of hydrogen-bond donors (Lipinski definition) is 2. The van der Waals surface area contributed by atoms with E-state index in [4.69, 9.17) is 9.94 Å². The highest BCUT2D eigenvalue weighted by Gasteiger charge is 2.16. The molecule has 5 heteroatoms. The fourth-order valence-corrected chi connectivity index (χ4v) is 2.97. The minimum absolute atomic E-state index is 0.00866. The van der Waals surface area contributed by atoms with E-state index in [2.05, 4.69) is 20.4 Å². The molecule has 0 spiro atoms. The fourth-order valence-electron chi connectivity index (χ4n) is 2.97. The van der Waals surface area contributed by atoms with Gasteiger partial charge in [-0.1, -0.05) is 38.5 Å². The molecule has 2 atom stereocenters. The molecule has 1 amide bonds. The number of hydroxylamine groups is 1. The summed E-state index contributed by atoms with van der Waals surface area (Å²) in [5, 5.41) is 8.59. The molecule has 2 aromatic carbocycles. The molecule has 0 radical (unpaired) electrons. The van der Waals surface area contributed by atoms with E-state index in [1.54, 1.807) is 12.1 Å². The van der Waals surface area contributed by atoms with Crippen LogP contribution in [0.25, 0.3) is 0 Å². The van der Waals surface area contributed by atoms with Gasteiger partial charge in [-0.2, -0.15) is 0 Å². The van der Waals surface area contributed by atoms with Gasteiger partial charge < -0.3 is 4.74 Å². The fraction of sp³-hybridized carbons (Fsp3) is 0.286. The summed E-state index contributed by atoms with van der Waals surface area (Å²) in [7, 11) is 0.